The number of rotatable bonds is 4. The van der Waals surface area contributed by atoms with E-state index in [1.54, 1.807) is 6.07 Å². The first kappa shape index (κ1) is 11.4. The highest BCUT2D eigenvalue weighted by Crippen LogP contribution is 2.29. The van der Waals surface area contributed by atoms with Gasteiger partial charge in [0.05, 0.1) is 6.26 Å². The van der Waals surface area contributed by atoms with Crippen molar-refractivity contribution in [2.45, 2.75) is 19.3 Å². The Hall–Kier alpha value is -1.65. The molecule has 0 spiro atoms. The van der Waals surface area contributed by atoms with Crippen molar-refractivity contribution in [2.75, 3.05) is 0 Å². The minimum absolute atomic E-state index is 0.276. The lowest BCUT2D eigenvalue weighted by Gasteiger charge is -2.13. The Morgan fingerprint density at radius 2 is 2.33 bits per heavy atom. The van der Waals surface area contributed by atoms with Crippen LogP contribution in [0, 0.1) is 0 Å². The van der Waals surface area contributed by atoms with E-state index in [-0.39, 0.29) is 11.3 Å². The van der Waals surface area contributed by atoms with Crippen molar-refractivity contribution in [3.8, 4) is 0 Å². The van der Waals surface area contributed by atoms with Gasteiger partial charge >= 0.3 is 5.97 Å². The Bertz CT molecular complexity index is 366. The highest BCUT2D eigenvalue weighted by atomic mass is 19.3. The van der Waals surface area contributed by atoms with Gasteiger partial charge in [-0.15, -0.1) is 0 Å². The van der Waals surface area contributed by atoms with Crippen molar-refractivity contribution in [3.05, 3.63) is 29.7 Å². The smallest absolute Gasteiger partial charge is 0.309 e. The lowest BCUT2D eigenvalue weighted by molar-refractivity contribution is -0.142. The molecule has 5 heteroatoms. The average Bonchev–Trinajstić information content (AvgIpc) is 2.54. The summed E-state index contributed by atoms with van der Waals surface area (Å²) in [4.78, 5) is 10.2. The zero-order chi connectivity index (χ0) is 11.5. The molecular formula is C10H10F2O3. The molecular weight excluding hydrogens is 206 g/mol. The Kier molecular flexibility index (Phi) is 3.24. The molecule has 1 aromatic rings. The first-order valence-corrected chi connectivity index (χ1v) is 4.24. The van der Waals surface area contributed by atoms with Gasteiger partial charge < -0.3 is 9.52 Å². The fourth-order valence-corrected chi connectivity index (χ4v) is 1.02. The maximum absolute atomic E-state index is 13.2. The summed E-state index contributed by atoms with van der Waals surface area (Å²) in [5.74, 6) is -4.61. The number of carbonyl (C=O) groups is 1. The van der Waals surface area contributed by atoms with Gasteiger partial charge in [0, 0.05) is 0 Å². The van der Waals surface area contributed by atoms with Crippen LogP contribution >= 0.6 is 0 Å². The normalized spacial score (nSPS) is 12.9. The van der Waals surface area contributed by atoms with Gasteiger partial charge in [0.15, 0.2) is 0 Å². The van der Waals surface area contributed by atoms with Gasteiger partial charge in [0.1, 0.15) is 12.2 Å². The van der Waals surface area contributed by atoms with Gasteiger partial charge in [-0.3, -0.25) is 4.79 Å². The van der Waals surface area contributed by atoms with Crippen molar-refractivity contribution < 1.29 is 23.1 Å². The first-order chi connectivity index (χ1) is 6.92. The summed E-state index contributed by atoms with van der Waals surface area (Å²) in [6.45, 7) is 1.17. The lowest BCUT2D eigenvalue weighted by atomic mass is 10.1. The summed E-state index contributed by atoms with van der Waals surface area (Å²) < 4.78 is 31.2. The Balaban J connectivity index is 2.83. The Morgan fingerprint density at radius 3 is 2.80 bits per heavy atom. The third kappa shape index (κ3) is 3.19. The molecule has 0 aliphatic carbocycles. The lowest BCUT2D eigenvalue weighted by Crippen LogP contribution is -2.22. The number of aliphatic carboxylic acids is 1. The van der Waals surface area contributed by atoms with E-state index in [1.807, 2.05) is 0 Å². The molecule has 1 aromatic heterocycles. The van der Waals surface area contributed by atoms with Gasteiger partial charge in [-0.25, -0.2) is 8.78 Å². The molecule has 1 N–H and O–H groups in total. The highest BCUT2D eigenvalue weighted by molar-refractivity contribution is 5.69. The van der Waals surface area contributed by atoms with E-state index in [4.69, 9.17) is 9.52 Å². The van der Waals surface area contributed by atoms with Crippen LogP contribution in [0.4, 0.5) is 8.78 Å². The molecule has 82 valence electrons. The van der Waals surface area contributed by atoms with E-state index in [1.165, 1.54) is 19.3 Å². The van der Waals surface area contributed by atoms with Crippen molar-refractivity contribution in [2.24, 2.45) is 0 Å². The first-order valence-electron chi connectivity index (χ1n) is 4.24. The molecule has 0 bridgehead atoms. The van der Waals surface area contributed by atoms with E-state index < -0.39 is 18.3 Å². The second-order valence-corrected chi connectivity index (χ2v) is 3.12. The molecule has 0 atom stereocenters. The summed E-state index contributed by atoms with van der Waals surface area (Å²) in [6.07, 6.45) is 1.27. The van der Waals surface area contributed by atoms with Crippen LogP contribution in [0.1, 0.15) is 19.1 Å². The maximum atomic E-state index is 13.2. The molecule has 15 heavy (non-hydrogen) atoms. The predicted molar refractivity (Wildman–Crippen MR) is 49.6 cm³/mol. The molecule has 1 rings (SSSR count). The van der Waals surface area contributed by atoms with E-state index in [2.05, 4.69) is 0 Å². The molecule has 0 fully saturated rings. The van der Waals surface area contributed by atoms with E-state index in [0.29, 0.717) is 0 Å². The van der Waals surface area contributed by atoms with Crippen molar-refractivity contribution >= 4 is 12.0 Å². The second kappa shape index (κ2) is 4.25. The second-order valence-electron chi connectivity index (χ2n) is 3.12. The van der Waals surface area contributed by atoms with E-state index in [9.17, 15) is 13.6 Å². The number of allylic oxidation sites excluding steroid dienone is 1. The van der Waals surface area contributed by atoms with Crippen molar-refractivity contribution in [1.29, 1.82) is 0 Å². The number of hydrogen-bond acceptors (Lipinski definition) is 2. The largest absolute Gasteiger partial charge is 0.481 e. The van der Waals surface area contributed by atoms with Crippen molar-refractivity contribution in [1.82, 2.24) is 0 Å². The number of carboxylic acids is 1. The van der Waals surface area contributed by atoms with Crippen LogP contribution in [0.2, 0.25) is 0 Å². The van der Waals surface area contributed by atoms with Gasteiger partial charge in [-0.05, 0) is 30.7 Å². The van der Waals surface area contributed by atoms with Crippen LogP contribution in [0.5, 0.6) is 0 Å². The Labute approximate surface area is 85.0 Å². The Morgan fingerprint density at radius 1 is 1.67 bits per heavy atom. The summed E-state index contributed by atoms with van der Waals surface area (Å²) in [5.41, 5.74) is -0.333. The van der Waals surface area contributed by atoms with Gasteiger partial charge in [0.25, 0.3) is 5.92 Å². The van der Waals surface area contributed by atoms with Crippen LogP contribution in [-0.4, -0.2) is 17.0 Å². The maximum Gasteiger partial charge on any atom is 0.309 e. The van der Waals surface area contributed by atoms with E-state index in [0.717, 1.165) is 6.08 Å². The minimum Gasteiger partial charge on any atom is -0.481 e. The molecule has 3 nitrogen and oxygen atoms in total. The zero-order valence-corrected chi connectivity index (χ0v) is 8.04. The summed E-state index contributed by atoms with van der Waals surface area (Å²) in [7, 11) is 0. The predicted octanol–water partition coefficient (Wildman–Crippen LogP) is 2.79. The monoisotopic (exact) mass is 216 g/mol. The molecule has 0 saturated heterocycles. The highest BCUT2D eigenvalue weighted by Gasteiger charge is 2.34. The number of hydrogen-bond donors (Lipinski definition) is 1. The standard InChI is InChI=1S/C10H10F2O3/c1-7(5-8-3-2-4-15-8)10(11,12)6-9(13)14/h2-5H,6H2,1H3,(H,13,14)/b7-5+. The minimum atomic E-state index is -3.35. The quantitative estimate of drug-likeness (QED) is 0.841. The van der Waals surface area contributed by atoms with Crippen molar-refractivity contribution in [3.63, 3.8) is 0 Å². The molecule has 0 aromatic carbocycles. The fourth-order valence-electron chi connectivity index (χ4n) is 1.02. The third-order valence-corrected chi connectivity index (χ3v) is 1.85. The molecule has 0 radical (unpaired) electrons. The number of carboxylic acid groups (broad SMARTS) is 1. The average molecular weight is 216 g/mol. The van der Waals surface area contributed by atoms with Crippen LogP contribution in [0.25, 0.3) is 6.08 Å². The summed E-state index contributed by atoms with van der Waals surface area (Å²) in [6, 6.07) is 3.08. The number of alkyl halides is 2. The summed E-state index contributed by atoms with van der Waals surface area (Å²) in [5, 5.41) is 8.29. The number of furan rings is 1. The third-order valence-electron chi connectivity index (χ3n) is 1.85. The molecule has 0 unspecified atom stereocenters. The van der Waals surface area contributed by atoms with Crippen LogP contribution < -0.4 is 0 Å². The molecule has 0 amide bonds. The zero-order valence-electron chi connectivity index (χ0n) is 8.04. The topological polar surface area (TPSA) is 50.4 Å². The number of halogens is 2. The van der Waals surface area contributed by atoms with Crippen LogP contribution in [0.15, 0.2) is 28.4 Å². The van der Waals surface area contributed by atoms with Gasteiger partial charge in [-0.1, -0.05) is 0 Å². The molecule has 0 saturated carbocycles. The SMILES string of the molecule is C/C(=C\c1ccco1)C(F)(F)CC(=O)O. The van der Waals surface area contributed by atoms with Gasteiger partial charge in [0.2, 0.25) is 0 Å². The summed E-state index contributed by atoms with van der Waals surface area (Å²) >= 11 is 0. The molecule has 0 aliphatic heterocycles. The van der Waals surface area contributed by atoms with Crippen LogP contribution in [0.3, 0.4) is 0 Å². The fraction of sp³-hybridized carbons (Fsp3) is 0.300. The van der Waals surface area contributed by atoms with E-state index >= 15 is 0 Å². The van der Waals surface area contributed by atoms with Crippen LogP contribution in [-0.2, 0) is 4.79 Å². The molecule has 0 aliphatic rings. The molecule has 1 heterocycles. The van der Waals surface area contributed by atoms with Gasteiger partial charge in [-0.2, -0.15) is 0 Å².